The van der Waals surface area contributed by atoms with Crippen LogP contribution in [-0.2, 0) is 9.84 Å². The third-order valence-electron chi connectivity index (χ3n) is 2.22. The minimum absolute atomic E-state index is 0.144. The van der Waals surface area contributed by atoms with Crippen LogP contribution in [0.2, 0.25) is 0 Å². The van der Waals surface area contributed by atoms with Crippen LogP contribution in [0.5, 0.6) is 0 Å². The predicted molar refractivity (Wildman–Crippen MR) is 55.3 cm³/mol. The molecule has 102 valence electrons. The molecule has 0 fully saturated rings. The summed E-state index contributed by atoms with van der Waals surface area (Å²) in [6, 6.07) is 1.63. The molecule has 0 heterocycles. The maximum Gasteiger partial charge on any atom is 0.418 e. The lowest BCUT2D eigenvalue weighted by Gasteiger charge is -2.18. The van der Waals surface area contributed by atoms with E-state index in [-0.39, 0.29) is 5.56 Å². The van der Waals surface area contributed by atoms with Crippen LogP contribution in [0.25, 0.3) is 0 Å². The minimum Gasteiger partial charge on any atom is -0.379 e. The number of hydrogen-bond donors (Lipinski definition) is 1. The van der Waals surface area contributed by atoms with Gasteiger partial charge in [0, 0.05) is 11.8 Å². The van der Waals surface area contributed by atoms with Gasteiger partial charge in [-0.15, -0.1) is 0 Å². The summed E-state index contributed by atoms with van der Waals surface area (Å²) >= 11 is 0. The first-order valence-electron chi connectivity index (χ1n) is 4.69. The molecule has 0 aromatic heterocycles. The molecule has 1 rings (SSSR count). The van der Waals surface area contributed by atoms with E-state index in [0.717, 1.165) is 12.1 Å². The monoisotopic (exact) mass is 286 g/mol. The van der Waals surface area contributed by atoms with Crippen molar-refractivity contribution in [2.45, 2.75) is 24.1 Å². The number of aliphatic hydroxyl groups is 1. The average Bonchev–Trinajstić information content (AvgIpc) is 2.12. The maximum absolute atomic E-state index is 13.5. The summed E-state index contributed by atoms with van der Waals surface area (Å²) in [7, 11) is -4.08. The molecule has 3 nitrogen and oxygen atoms in total. The summed E-state index contributed by atoms with van der Waals surface area (Å²) in [5, 5.41) is 9.04. The van der Waals surface area contributed by atoms with E-state index in [1.807, 2.05) is 0 Å². The van der Waals surface area contributed by atoms with Gasteiger partial charge in [-0.1, -0.05) is 0 Å². The third kappa shape index (κ3) is 2.99. The van der Waals surface area contributed by atoms with Crippen LogP contribution < -0.4 is 0 Å². The highest BCUT2D eigenvalue weighted by Crippen LogP contribution is 2.37. The van der Waals surface area contributed by atoms with Crippen LogP contribution in [0, 0.1) is 12.7 Å². The molecule has 1 N–H and O–H groups in total. The van der Waals surface area contributed by atoms with Crippen molar-refractivity contribution in [3.05, 3.63) is 29.1 Å². The van der Waals surface area contributed by atoms with Crippen molar-refractivity contribution >= 4 is 9.84 Å². The zero-order valence-corrected chi connectivity index (χ0v) is 10.2. The summed E-state index contributed by atoms with van der Waals surface area (Å²) in [4.78, 5) is -0.857. The van der Waals surface area contributed by atoms with E-state index in [1.165, 1.54) is 6.92 Å². The molecule has 1 aromatic carbocycles. The molecule has 0 aliphatic rings. The van der Waals surface area contributed by atoms with Crippen molar-refractivity contribution in [1.82, 2.24) is 0 Å². The molecular weight excluding hydrogens is 276 g/mol. The Hall–Kier alpha value is -1.15. The van der Waals surface area contributed by atoms with Crippen molar-refractivity contribution in [2.75, 3.05) is 6.26 Å². The van der Waals surface area contributed by atoms with Crippen molar-refractivity contribution in [3.8, 4) is 0 Å². The summed E-state index contributed by atoms with van der Waals surface area (Å²) in [5.41, 5.74) is -1.12. The lowest BCUT2D eigenvalue weighted by atomic mass is 10.1. The minimum atomic E-state index is -5.14. The van der Waals surface area contributed by atoms with Crippen molar-refractivity contribution < 1.29 is 31.1 Å². The molecule has 18 heavy (non-hydrogen) atoms. The quantitative estimate of drug-likeness (QED) is 0.847. The highest BCUT2D eigenvalue weighted by molar-refractivity contribution is 7.90. The van der Waals surface area contributed by atoms with Crippen LogP contribution >= 0.6 is 0 Å². The summed E-state index contributed by atoms with van der Waals surface area (Å²) < 4.78 is 73.3. The van der Waals surface area contributed by atoms with E-state index in [1.54, 1.807) is 0 Å². The predicted octanol–water partition coefficient (Wildman–Crippen LogP) is 2.13. The Morgan fingerprint density at radius 2 is 1.78 bits per heavy atom. The van der Waals surface area contributed by atoms with E-state index in [4.69, 9.17) is 5.11 Å². The average molecular weight is 286 g/mol. The SMILES string of the molecule is Cc1cc(F)c(C(O)C(F)(F)F)c(S(C)(=O)=O)c1. The first-order valence-corrected chi connectivity index (χ1v) is 6.58. The highest BCUT2D eigenvalue weighted by Gasteiger charge is 2.43. The number of sulfone groups is 1. The summed E-state index contributed by atoms with van der Waals surface area (Å²) in [6.45, 7) is 1.33. The van der Waals surface area contributed by atoms with E-state index in [9.17, 15) is 26.0 Å². The fourth-order valence-corrected chi connectivity index (χ4v) is 2.47. The Morgan fingerprint density at radius 1 is 1.28 bits per heavy atom. The van der Waals surface area contributed by atoms with Gasteiger partial charge in [0.2, 0.25) is 0 Å². The van der Waals surface area contributed by atoms with Gasteiger partial charge in [-0.2, -0.15) is 13.2 Å². The zero-order valence-electron chi connectivity index (χ0n) is 9.42. The molecule has 0 bridgehead atoms. The number of rotatable bonds is 2. The number of hydrogen-bond acceptors (Lipinski definition) is 3. The van der Waals surface area contributed by atoms with Gasteiger partial charge < -0.3 is 5.11 Å². The fraction of sp³-hybridized carbons (Fsp3) is 0.400. The topological polar surface area (TPSA) is 54.4 Å². The van der Waals surface area contributed by atoms with E-state index >= 15 is 0 Å². The molecule has 0 spiro atoms. The first kappa shape index (κ1) is 14.9. The van der Waals surface area contributed by atoms with Crippen molar-refractivity contribution in [3.63, 3.8) is 0 Å². The second-order valence-corrected chi connectivity index (χ2v) is 5.86. The molecule has 1 atom stereocenters. The number of aliphatic hydroxyl groups excluding tert-OH is 1. The van der Waals surface area contributed by atoms with Gasteiger partial charge >= 0.3 is 6.18 Å². The van der Waals surface area contributed by atoms with Crippen LogP contribution in [0.15, 0.2) is 17.0 Å². The first-order chi connectivity index (χ1) is 7.94. The van der Waals surface area contributed by atoms with E-state index < -0.39 is 38.4 Å². The van der Waals surface area contributed by atoms with Crippen molar-refractivity contribution in [2.24, 2.45) is 0 Å². The fourth-order valence-electron chi connectivity index (χ4n) is 1.46. The lowest BCUT2D eigenvalue weighted by molar-refractivity contribution is -0.208. The van der Waals surface area contributed by atoms with Crippen LogP contribution in [0.3, 0.4) is 0 Å². The van der Waals surface area contributed by atoms with Gasteiger partial charge in [-0.3, -0.25) is 0 Å². The molecule has 8 heteroatoms. The van der Waals surface area contributed by atoms with Gasteiger partial charge in [0.1, 0.15) is 5.82 Å². The Kier molecular flexibility index (Phi) is 3.73. The molecule has 0 saturated heterocycles. The van der Waals surface area contributed by atoms with Gasteiger partial charge in [-0.25, -0.2) is 12.8 Å². The summed E-state index contributed by atoms with van der Waals surface area (Å²) in [5.74, 6) is -1.40. The maximum atomic E-state index is 13.5. The molecule has 1 aromatic rings. The molecule has 0 amide bonds. The van der Waals surface area contributed by atoms with Crippen LogP contribution in [0.1, 0.15) is 17.2 Å². The molecule has 0 saturated carbocycles. The third-order valence-corrected chi connectivity index (χ3v) is 3.36. The lowest BCUT2D eigenvalue weighted by Crippen LogP contribution is -2.23. The number of alkyl halides is 3. The number of aryl methyl sites for hydroxylation is 1. The summed E-state index contributed by atoms with van der Waals surface area (Å²) in [6.07, 6.45) is -7.67. The largest absolute Gasteiger partial charge is 0.418 e. The van der Waals surface area contributed by atoms with Gasteiger partial charge in [0.05, 0.1) is 4.90 Å². The second kappa shape index (κ2) is 4.51. The molecule has 0 radical (unpaired) electrons. The number of halogens is 4. The standard InChI is InChI=1S/C10H10F4O3S/c1-5-3-6(11)8(9(15)10(12,13)14)7(4-5)18(2,16)17/h3-4,9,15H,1-2H3. The van der Waals surface area contributed by atoms with Gasteiger partial charge in [0.15, 0.2) is 15.9 Å². The van der Waals surface area contributed by atoms with Crippen LogP contribution in [-0.4, -0.2) is 26.0 Å². The van der Waals surface area contributed by atoms with Gasteiger partial charge in [-0.05, 0) is 24.6 Å². The molecule has 0 aliphatic heterocycles. The van der Waals surface area contributed by atoms with E-state index in [2.05, 4.69) is 0 Å². The highest BCUT2D eigenvalue weighted by atomic mass is 32.2. The van der Waals surface area contributed by atoms with Crippen molar-refractivity contribution in [1.29, 1.82) is 0 Å². The second-order valence-electron chi connectivity index (χ2n) is 3.87. The Balaban J connectivity index is 3.63. The Bertz CT molecular complexity index is 563. The molecule has 0 aliphatic carbocycles. The van der Waals surface area contributed by atoms with E-state index in [0.29, 0.717) is 6.26 Å². The molecular formula is C10H10F4O3S. The molecule has 1 unspecified atom stereocenters. The zero-order chi connectivity index (χ0) is 14.3. The Labute approximate surface area is 101 Å². The number of benzene rings is 1. The smallest absolute Gasteiger partial charge is 0.379 e. The van der Waals surface area contributed by atoms with Crippen LogP contribution in [0.4, 0.5) is 17.6 Å². The Morgan fingerprint density at radius 3 is 2.17 bits per heavy atom. The normalized spacial score (nSPS) is 14.6. The van der Waals surface area contributed by atoms with Gasteiger partial charge in [0.25, 0.3) is 0 Å².